The molecule has 2 aromatic carbocycles. The summed E-state index contributed by atoms with van der Waals surface area (Å²) >= 11 is 0. The Labute approximate surface area is 159 Å². The number of likely N-dealkylation sites (tertiary alicyclic amines) is 1. The zero-order valence-corrected chi connectivity index (χ0v) is 15.6. The Balaban J connectivity index is 1.57. The lowest BCUT2D eigenvalue weighted by atomic mass is 9.64. The average Bonchev–Trinajstić information content (AvgIpc) is 3.09. The summed E-state index contributed by atoms with van der Waals surface area (Å²) in [5.41, 5.74) is 2.22. The Bertz CT molecular complexity index is 846. The van der Waals surface area contributed by atoms with Crippen molar-refractivity contribution in [3.63, 3.8) is 0 Å². The maximum atomic E-state index is 13.0. The third-order valence-corrected chi connectivity index (χ3v) is 6.49. The molecule has 1 N–H and O–H groups in total. The fourth-order valence-electron chi connectivity index (χ4n) is 4.86. The second-order valence-corrected chi connectivity index (χ2v) is 8.09. The van der Waals surface area contributed by atoms with Gasteiger partial charge in [-0.15, -0.1) is 0 Å². The zero-order valence-electron chi connectivity index (χ0n) is 15.6. The summed E-state index contributed by atoms with van der Waals surface area (Å²) in [6.45, 7) is 2.84. The van der Waals surface area contributed by atoms with Gasteiger partial charge in [-0.1, -0.05) is 48.0 Å². The van der Waals surface area contributed by atoms with E-state index in [0.717, 1.165) is 18.4 Å². The van der Waals surface area contributed by atoms with Crippen molar-refractivity contribution in [3.8, 4) is 0 Å². The highest BCUT2D eigenvalue weighted by molar-refractivity contribution is 5.95. The SMILES string of the molecule is Cc1ccc(C(=O)N2C[C@@H]3C[C@@H](c4ccccc4)CC[C@]3(C(=O)O)C2)cc1. The minimum atomic E-state index is -0.800. The molecule has 0 spiro atoms. The molecule has 0 radical (unpaired) electrons. The molecule has 2 aliphatic rings. The maximum Gasteiger partial charge on any atom is 0.311 e. The molecule has 2 fully saturated rings. The Morgan fingerprint density at radius 3 is 2.44 bits per heavy atom. The van der Waals surface area contributed by atoms with Gasteiger partial charge in [-0.2, -0.15) is 0 Å². The standard InChI is InChI=1S/C23H25NO3/c1-16-7-9-18(10-8-16)21(25)24-14-20-13-19(17-5-3-2-4-6-17)11-12-23(20,15-24)22(26)27/h2-10,19-20H,11-15H2,1H3,(H,26,27)/t19-,20-,23-/m0/s1. The largest absolute Gasteiger partial charge is 0.481 e. The van der Waals surface area contributed by atoms with Gasteiger partial charge in [-0.3, -0.25) is 9.59 Å². The topological polar surface area (TPSA) is 57.6 Å². The smallest absolute Gasteiger partial charge is 0.311 e. The van der Waals surface area contributed by atoms with E-state index in [2.05, 4.69) is 12.1 Å². The van der Waals surface area contributed by atoms with Crippen molar-refractivity contribution >= 4 is 11.9 Å². The number of carbonyl (C=O) groups is 2. The third-order valence-electron chi connectivity index (χ3n) is 6.49. The van der Waals surface area contributed by atoms with Crippen LogP contribution in [0.1, 0.15) is 46.7 Å². The predicted molar refractivity (Wildman–Crippen MR) is 104 cm³/mol. The molecule has 4 rings (SSSR count). The molecule has 1 saturated carbocycles. The third kappa shape index (κ3) is 3.14. The van der Waals surface area contributed by atoms with Crippen molar-refractivity contribution in [2.45, 2.75) is 32.1 Å². The fraction of sp³-hybridized carbons (Fsp3) is 0.391. The van der Waals surface area contributed by atoms with E-state index in [9.17, 15) is 14.7 Å². The van der Waals surface area contributed by atoms with Gasteiger partial charge in [0.15, 0.2) is 0 Å². The van der Waals surface area contributed by atoms with Crippen LogP contribution >= 0.6 is 0 Å². The molecular formula is C23H25NO3. The van der Waals surface area contributed by atoms with Crippen molar-refractivity contribution in [2.75, 3.05) is 13.1 Å². The van der Waals surface area contributed by atoms with Gasteiger partial charge in [-0.25, -0.2) is 0 Å². The van der Waals surface area contributed by atoms with Gasteiger partial charge in [0.25, 0.3) is 5.91 Å². The molecule has 1 amide bonds. The first-order valence-corrected chi connectivity index (χ1v) is 9.64. The molecule has 2 aromatic rings. The van der Waals surface area contributed by atoms with Crippen LogP contribution in [-0.4, -0.2) is 35.0 Å². The first kappa shape index (κ1) is 17.8. The van der Waals surface area contributed by atoms with Crippen LogP contribution in [0.25, 0.3) is 0 Å². The summed E-state index contributed by atoms with van der Waals surface area (Å²) in [4.78, 5) is 26.9. The van der Waals surface area contributed by atoms with Gasteiger partial charge in [0, 0.05) is 18.7 Å². The van der Waals surface area contributed by atoms with Gasteiger partial charge < -0.3 is 10.0 Å². The molecule has 1 aliphatic heterocycles. The molecule has 3 atom stereocenters. The summed E-state index contributed by atoms with van der Waals surface area (Å²) < 4.78 is 0. The van der Waals surface area contributed by atoms with E-state index < -0.39 is 11.4 Å². The van der Waals surface area contributed by atoms with E-state index >= 15 is 0 Å². The second kappa shape index (κ2) is 6.84. The number of carbonyl (C=O) groups excluding carboxylic acids is 1. The molecule has 1 aliphatic carbocycles. The number of carboxylic acids is 1. The second-order valence-electron chi connectivity index (χ2n) is 8.09. The lowest BCUT2D eigenvalue weighted by molar-refractivity contribution is -0.152. The van der Waals surface area contributed by atoms with Crippen molar-refractivity contribution in [1.82, 2.24) is 4.90 Å². The zero-order chi connectivity index (χ0) is 19.0. The molecule has 140 valence electrons. The first-order valence-electron chi connectivity index (χ1n) is 9.64. The number of aryl methyl sites for hydroxylation is 1. The molecule has 1 heterocycles. The lowest BCUT2D eigenvalue weighted by Gasteiger charge is -2.38. The van der Waals surface area contributed by atoms with Crippen LogP contribution in [0.15, 0.2) is 54.6 Å². The first-order chi connectivity index (χ1) is 13.0. The molecule has 27 heavy (non-hydrogen) atoms. The van der Waals surface area contributed by atoms with Crippen LogP contribution in [0.5, 0.6) is 0 Å². The molecular weight excluding hydrogens is 338 g/mol. The van der Waals surface area contributed by atoms with E-state index in [1.807, 2.05) is 49.4 Å². The quantitative estimate of drug-likeness (QED) is 0.893. The van der Waals surface area contributed by atoms with E-state index in [1.54, 1.807) is 4.90 Å². The van der Waals surface area contributed by atoms with Crippen LogP contribution in [0.3, 0.4) is 0 Å². The number of hydrogen-bond acceptors (Lipinski definition) is 2. The highest BCUT2D eigenvalue weighted by atomic mass is 16.4. The summed E-state index contributed by atoms with van der Waals surface area (Å²) in [5.74, 6) is -0.430. The van der Waals surface area contributed by atoms with Gasteiger partial charge in [0.1, 0.15) is 0 Å². The number of fused-ring (bicyclic) bond motifs is 1. The van der Waals surface area contributed by atoms with E-state index in [4.69, 9.17) is 0 Å². The monoisotopic (exact) mass is 363 g/mol. The molecule has 4 nitrogen and oxygen atoms in total. The number of aliphatic carboxylic acids is 1. The predicted octanol–water partition coefficient (Wildman–Crippen LogP) is 4.11. The van der Waals surface area contributed by atoms with Gasteiger partial charge in [0.2, 0.25) is 0 Å². The minimum Gasteiger partial charge on any atom is -0.481 e. The van der Waals surface area contributed by atoms with E-state index in [-0.39, 0.29) is 11.8 Å². The number of carboxylic acid groups (broad SMARTS) is 1. The van der Waals surface area contributed by atoms with Crippen LogP contribution in [0, 0.1) is 18.3 Å². The normalized spacial score (nSPS) is 27.2. The number of rotatable bonds is 3. The number of hydrogen-bond donors (Lipinski definition) is 1. The summed E-state index contributed by atoms with van der Waals surface area (Å²) in [5, 5.41) is 10.0. The molecule has 0 unspecified atom stereocenters. The molecule has 4 heteroatoms. The summed E-state index contributed by atoms with van der Waals surface area (Å²) in [6.07, 6.45) is 2.32. The summed E-state index contributed by atoms with van der Waals surface area (Å²) in [7, 11) is 0. The van der Waals surface area contributed by atoms with Crippen LogP contribution in [0.4, 0.5) is 0 Å². The Hall–Kier alpha value is -2.62. The maximum absolute atomic E-state index is 13.0. The Morgan fingerprint density at radius 1 is 1.07 bits per heavy atom. The summed E-state index contributed by atoms with van der Waals surface area (Å²) in [6, 6.07) is 17.9. The lowest BCUT2D eigenvalue weighted by Crippen LogP contribution is -2.43. The van der Waals surface area contributed by atoms with Gasteiger partial charge in [-0.05, 0) is 55.7 Å². The van der Waals surface area contributed by atoms with E-state index in [1.165, 1.54) is 5.56 Å². The number of amides is 1. The average molecular weight is 363 g/mol. The van der Waals surface area contributed by atoms with Crippen molar-refractivity contribution < 1.29 is 14.7 Å². The van der Waals surface area contributed by atoms with Gasteiger partial charge >= 0.3 is 5.97 Å². The van der Waals surface area contributed by atoms with Gasteiger partial charge in [0.05, 0.1) is 5.41 Å². The molecule has 0 aromatic heterocycles. The minimum absolute atomic E-state index is 0.00311. The highest BCUT2D eigenvalue weighted by Crippen LogP contribution is 2.51. The van der Waals surface area contributed by atoms with Crippen LogP contribution < -0.4 is 0 Å². The Kier molecular flexibility index (Phi) is 4.50. The van der Waals surface area contributed by atoms with Crippen molar-refractivity contribution in [3.05, 3.63) is 71.3 Å². The van der Waals surface area contributed by atoms with E-state index in [0.29, 0.717) is 31.0 Å². The highest BCUT2D eigenvalue weighted by Gasteiger charge is 2.55. The number of benzene rings is 2. The van der Waals surface area contributed by atoms with Crippen LogP contribution in [0.2, 0.25) is 0 Å². The van der Waals surface area contributed by atoms with Crippen molar-refractivity contribution in [2.24, 2.45) is 11.3 Å². The van der Waals surface area contributed by atoms with Crippen molar-refractivity contribution in [1.29, 1.82) is 0 Å². The number of nitrogens with zero attached hydrogens (tertiary/aromatic N) is 1. The Morgan fingerprint density at radius 2 is 1.78 bits per heavy atom. The molecule has 1 saturated heterocycles. The molecule has 0 bridgehead atoms. The van der Waals surface area contributed by atoms with Crippen LogP contribution in [-0.2, 0) is 4.79 Å². The fourth-order valence-corrected chi connectivity index (χ4v) is 4.86.